The van der Waals surface area contributed by atoms with Gasteiger partial charge < -0.3 is 10.2 Å². The van der Waals surface area contributed by atoms with E-state index in [1.54, 1.807) is 0 Å². The van der Waals surface area contributed by atoms with Crippen molar-refractivity contribution in [3.8, 4) is 0 Å². The average molecular weight is 293 g/mol. The molecule has 0 spiro atoms. The van der Waals surface area contributed by atoms with Crippen molar-refractivity contribution >= 4 is 17.3 Å². The van der Waals surface area contributed by atoms with Gasteiger partial charge in [-0.2, -0.15) is 0 Å². The molecule has 1 N–H and O–H groups in total. The number of hydrogen-bond donors (Lipinski definition) is 1. The maximum absolute atomic E-state index is 6.51. The van der Waals surface area contributed by atoms with E-state index >= 15 is 0 Å². The largest absolute Gasteiger partial charge is 0.369 e. The van der Waals surface area contributed by atoms with E-state index in [0.29, 0.717) is 6.04 Å². The Labute approximate surface area is 127 Å². The summed E-state index contributed by atoms with van der Waals surface area (Å²) in [5.74, 6) is 1.80. The highest BCUT2D eigenvalue weighted by atomic mass is 35.5. The molecule has 110 valence electrons. The van der Waals surface area contributed by atoms with E-state index < -0.39 is 0 Å². The van der Waals surface area contributed by atoms with Gasteiger partial charge in [0.05, 0.1) is 10.7 Å². The molecule has 1 aromatic rings. The van der Waals surface area contributed by atoms with Crippen LogP contribution < -0.4 is 10.2 Å². The first-order valence-corrected chi connectivity index (χ1v) is 8.28. The Balaban J connectivity index is 1.81. The second kappa shape index (κ2) is 5.95. The molecule has 1 saturated carbocycles. The van der Waals surface area contributed by atoms with Crippen LogP contribution in [0.15, 0.2) is 18.2 Å². The van der Waals surface area contributed by atoms with Gasteiger partial charge in [0.15, 0.2) is 0 Å². The van der Waals surface area contributed by atoms with Crippen molar-refractivity contribution in [2.75, 3.05) is 18.0 Å². The lowest BCUT2D eigenvalue weighted by Crippen LogP contribution is -2.26. The third-order valence-corrected chi connectivity index (χ3v) is 5.12. The fourth-order valence-electron chi connectivity index (χ4n) is 3.79. The maximum atomic E-state index is 6.51. The van der Waals surface area contributed by atoms with Crippen molar-refractivity contribution in [2.45, 2.75) is 45.7 Å². The molecule has 2 aliphatic rings. The molecule has 3 heteroatoms. The number of rotatable bonds is 4. The highest BCUT2D eigenvalue weighted by molar-refractivity contribution is 6.33. The van der Waals surface area contributed by atoms with Gasteiger partial charge in [-0.25, -0.2) is 0 Å². The molecule has 1 saturated heterocycles. The minimum Gasteiger partial charge on any atom is -0.369 e. The number of halogens is 1. The van der Waals surface area contributed by atoms with E-state index in [4.69, 9.17) is 11.6 Å². The minimum atomic E-state index is 0.500. The molecule has 2 atom stereocenters. The van der Waals surface area contributed by atoms with Crippen LogP contribution in [0.5, 0.6) is 0 Å². The molecular weight excluding hydrogens is 268 g/mol. The number of fused-ring (bicyclic) bond motifs is 1. The molecule has 2 unspecified atom stereocenters. The van der Waals surface area contributed by atoms with Gasteiger partial charge in [0, 0.05) is 25.7 Å². The van der Waals surface area contributed by atoms with Crippen LogP contribution >= 0.6 is 11.6 Å². The molecule has 0 aromatic heterocycles. The predicted molar refractivity (Wildman–Crippen MR) is 86.5 cm³/mol. The number of nitrogens with one attached hydrogen (secondary N) is 1. The minimum absolute atomic E-state index is 0.500. The molecule has 1 aliphatic carbocycles. The number of benzene rings is 1. The fraction of sp³-hybridized carbons (Fsp3) is 0.647. The Hall–Kier alpha value is -0.730. The first kappa shape index (κ1) is 14.2. The normalized spacial score (nSPS) is 25.5. The lowest BCUT2D eigenvalue weighted by Gasteiger charge is -2.25. The van der Waals surface area contributed by atoms with Gasteiger partial charge in [0.2, 0.25) is 0 Å². The molecule has 20 heavy (non-hydrogen) atoms. The van der Waals surface area contributed by atoms with Crippen molar-refractivity contribution in [1.29, 1.82) is 0 Å². The summed E-state index contributed by atoms with van der Waals surface area (Å²) in [4.78, 5) is 2.54. The lowest BCUT2D eigenvalue weighted by molar-refractivity contribution is 0.494. The van der Waals surface area contributed by atoms with E-state index in [0.717, 1.165) is 23.4 Å². The van der Waals surface area contributed by atoms with Crippen molar-refractivity contribution < 1.29 is 0 Å². The molecule has 0 radical (unpaired) electrons. The summed E-state index contributed by atoms with van der Waals surface area (Å²) in [5.41, 5.74) is 2.61. The van der Waals surface area contributed by atoms with Gasteiger partial charge in [-0.05, 0) is 36.3 Å². The first-order valence-electron chi connectivity index (χ1n) is 7.91. The summed E-state index contributed by atoms with van der Waals surface area (Å²) in [5, 5.41) is 4.43. The van der Waals surface area contributed by atoms with Crippen LogP contribution in [0.3, 0.4) is 0 Å². The van der Waals surface area contributed by atoms with E-state index in [9.17, 15) is 0 Å². The zero-order valence-corrected chi connectivity index (χ0v) is 13.3. The second-order valence-corrected chi connectivity index (χ2v) is 7.05. The molecule has 1 aliphatic heterocycles. The number of nitrogens with zero attached hydrogens (tertiary/aromatic N) is 1. The van der Waals surface area contributed by atoms with Crippen molar-refractivity contribution in [2.24, 2.45) is 11.8 Å². The SMILES string of the molecule is CC(C)NCc1cccc(Cl)c1N1CC2CCCC2C1. The average Bonchev–Trinajstić information content (AvgIpc) is 2.97. The third kappa shape index (κ3) is 2.82. The van der Waals surface area contributed by atoms with Crippen LogP contribution in [0.25, 0.3) is 0 Å². The van der Waals surface area contributed by atoms with Crippen LogP contribution in [0, 0.1) is 11.8 Å². The van der Waals surface area contributed by atoms with E-state index in [1.165, 1.54) is 43.6 Å². The van der Waals surface area contributed by atoms with Crippen LogP contribution in [-0.4, -0.2) is 19.1 Å². The molecule has 0 bridgehead atoms. The standard InChI is InChI=1S/C17H25ClN2/c1-12(2)19-9-13-5-4-8-16(18)17(13)20-10-14-6-3-7-15(14)11-20/h4-5,8,12,14-15,19H,3,6-7,9-11H2,1-2H3. The molecule has 1 heterocycles. The summed E-state index contributed by atoms with van der Waals surface area (Å²) in [6.07, 6.45) is 4.24. The summed E-state index contributed by atoms with van der Waals surface area (Å²) in [7, 11) is 0. The Kier molecular flexibility index (Phi) is 4.23. The van der Waals surface area contributed by atoms with Gasteiger partial charge in [-0.15, -0.1) is 0 Å². The molecule has 0 amide bonds. The van der Waals surface area contributed by atoms with E-state index in [1.807, 2.05) is 6.07 Å². The lowest BCUT2D eigenvalue weighted by atomic mass is 10.0. The van der Waals surface area contributed by atoms with Crippen molar-refractivity contribution in [3.63, 3.8) is 0 Å². The topological polar surface area (TPSA) is 15.3 Å². The summed E-state index contributed by atoms with van der Waals surface area (Å²) >= 11 is 6.51. The molecule has 2 fully saturated rings. The number of anilines is 1. The van der Waals surface area contributed by atoms with Gasteiger partial charge in [0.1, 0.15) is 0 Å². The smallest absolute Gasteiger partial charge is 0.0642 e. The third-order valence-electron chi connectivity index (χ3n) is 4.81. The predicted octanol–water partition coefficient (Wildman–Crippen LogP) is 4.07. The van der Waals surface area contributed by atoms with Gasteiger partial charge in [-0.3, -0.25) is 0 Å². The van der Waals surface area contributed by atoms with Crippen LogP contribution in [0.1, 0.15) is 38.7 Å². The molecular formula is C17H25ClN2. The van der Waals surface area contributed by atoms with E-state index in [-0.39, 0.29) is 0 Å². The maximum Gasteiger partial charge on any atom is 0.0642 e. The van der Waals surface area contributed by atoms with Gasteiger partial charge in [0.25, 0.3) is 0 Å². The van der Waals surface area contributed by atoms with Crippen molar-refractivity contribution in [1.82, 2.24) is 5.32 Å². The molecule has 2 nitrogen and oxygen atoms in total. The monoisotopic (exact) mass is 292 g/mol. The first-order chi connectivity index (χ1) is 9.65. The Morgan fingerprint density at radius 3 is 2.60 bits per heavy atom. The number of para-hydroxylation sites is 1. The summed E-state index contributed by atoms with van der Waals surface area (Å²) in [6.45, 7) is 7.67. The quantitative estimate of drug-likeness (QED) is 0.900. The van der Waals surface area contributed by atoms with E-state index in [2.05, 4.69) is 36.2 Å². The number of hydrogen-bond acceptors (Lipinski definition) is 2. The molecule has 3 rings (SSSR count). The Morgan fingerprint density at radius 1 is 1.25 bits per heavy atom. The van der Waals surface area contributed by atoms with Gasteiger partial charge >= 0.3 is 0 Å². The zero-order chi connectivity index (χ0) is 14.1. The van der Waals surface area contributed by atoms with Crippen LogP contribution in [-0.2, 0) is 6.54 Å². The Morgan fingerprint density at radius 2 is 1.95 bits per heavy atom. The summed E-state index contributed by atoms with van der Waals surface area (Å²) < 4.78 is 0. The Bertz CT molecular complexity index is 460. The van der Waals surface area contributed by atoms with Crippen molar-refractivity contribution in [3.05, 3.63) is 28.8 Å². The molecule has 1 aromatic carbocycles. The fourth-order valence-corrected chi connectivity index (χ4v) is 4.10. The zero-order valence-electron chi connectivity index (χ0n) is 12.5. The van der Waals surface area contributed by atoms with Crippen LogP contribution in [0.2, 0.25) is 5.02 Å². The second-order valence-electron chi connectivity index (χ2n) is 6.64. The highest BCUT2D eigenvalue weighted by Gasteiger charge is 2.37. The highest BCUT2D eigenvalue weighted by Crippen LogP contribution is 2.42. The van der Waals surface area contributed by atoms with Gasteiger partial charge in [-0.1, -0.05) is 44.0 Å². The summed E-state index contributed by atoms with van der Waals surface area (Å²) in [6, 6.07) is 6.81. The van der Waals surface area contributed by atoms with Crippen LogP contribution in [0.4, 0.5) is 5.69 Å².